The molecule has 2 aliphatic rings. The van der Waals surface area contributed by atoms with Crippen molar-refractivity contribution in [1.29, 1.82) is 0 Å². The molecule has 0 spiro atoms. The molecule has 0 aromatic rings. The lowest BCUT2D eigenvalue weighted by Crippen LogP contribution is -2.50. The molecule has 2 fully saturated rings. The summed E-state index contributed by atoms with van der Waals surface area (Å²) < 4.78 is 0. The number of hydrogen-bond acceptors (Lipinski definition) is 2. The van der Waals surface area contributed by atoms with Crippen molar-refractivity contribution >= 4 is 6.03 Å². The van der Waals surface area contributed by atoms with E-state index in [0.717, 1.165) is 51.4 Å². The summed E-state index contributed by atoms with van der Waals surface area (Å²) in [5.74, 6) is 0.809. The van der Waals surface area contributed by atoms with Crippen LogP contribution in [0.4, 0.5) is 4.79 Å². The average Bonchev–Trinajstić information content (AvgIpc) is 2.54. The predicted molar refractivity (Wildman–Crippen MR) is 87.5 cm³/mol. The van der Waals surface area contributed by atoms with Gasteiger partial charge in [-0.15, -0.1) is 0 Å². The van der Waals surface area contributed by atoms with Crippen molar-refractivity contribution < 1.29 is 4.79 Å². The van der Waals surface area contributed by atoms with Crippen LogP contribution in [0.15, 0.2) is 0 Å². The van der Waals surface area contributed by atoms with Gasteiger partial charge in [-0.05, 0) is 38.1 Å². The van der Waals surface area contributed by atoms with E-state index in [0.29, 0.717) is 6.04 Å². The zero-order valence-electron chi connectivity index (χ0n) is 13.7. The van der Waals surface area contributed by atoms with E-state index in [9.17, 15) is 4.79 Å². The number of piperidine rings is 1. The summed E-state index contributed by atoms with van der Waals surface area (Å²) in [7, 11) is 0. The van der Waals surface area contributed by atoms with Crippen LogP contribution in [0.1, 0.15) is 64.7 Å². The zero-order chi connectivity index (χ0) is 14.9. The smallest absolute Gasteiger partial charge is 0.317 e. The fourth-order valence-corrected chi connectivity index (χ4v) is 3.70. The summed E-state index contributed by atoms with van der Waals surface area (Å²) in [5, 5.41) is 6.71. The summed E-state index contributed by atoms with van der Waals surface area (Å²) in [6, 6.07) is 0.455. The normalized spacial score (nSPS) is 22.0. The van der Waals surface area contributed by atoms with E-state index in [1.807, 2.05) is 4.90 Å². The lowest BCUT2D eigenvalue weighted by molar-refractivity contribution is 0.178. The molecule has 4 nitrogen and oxygen atoms in total. The van der Waals surface area contributed by atoms with E-state index in [1.54, 1.807) is 0 Å². The molecule has 1 saturated heterocycles. The van der Waals surface area contributed by atoms with Crippen molar-refractivity contribution in [3.05, 3.63) is 0 Å². The van der Waals surface area contributed by atoms with Crippen LogP contribution in [0.5, 0.6) is 0 Å². The van der Waals surface area contributed by atoms with Gasteiger partial charge in [0.1, 0.15) is 0 Å². The molecule has 2 N–H and O–H groups in total. The Balaban J connectivity index is 1.80. The fraction of sp³-hybridized carbons (Fsp3) is 0.941. The number of nitrogens with zero attached hydrogens (tertiary/aromatic N) is 1. The first-order valence-corrected chi connectivity index (χ1v) is 9.05. The van der Waals surface area contributed by atoms with Gasteiger partial charge in [0, 0.05) is 25.7 Å². The number of amides is 2. The molecule has 2 amide bonds. The Kier molecular flexibility index (Phi) is 7.34. The first kappa shape index (κ1) is 16.6. The summed E-state index contributed by atoms with van der Waals surface area (Å²) in [4.78, 5) is 14.4. The third-order valence-corrected chi connectivity index (χ3v) is 4.95. The summed E-state index contributed by atoms with van der Waals surface area (Å²) >= 11 is 0. The lowest BCUT2D eigenvalue weighted by atomic mass is 9.85. The van der Waals surface area contributed by atoms with Crippen LogP contribution < -0.4 is 10.6 Å². The van der Waals surface area contributed by atoms with Crippen molar-refractivity contribution in [3.8, 4) is 0 Å². The largest absolute Gasteiger partial charge is 0.334 e. The van der Waals surface area contributed by atoms with Crippen molar-refractivity contribution in [3.63, 3.8) is 0 Å². The van der Waals surface area contributed by atoms with Crippen LogP contribution in [0.25, 0.3) is 0 Å². The quantitative estimate of drug-likeness (QED) is 0.790. The summed E-state index contributed by atoms with van der Waals surface area (Å²) in [5.41, 5.74) is 0. The SMILES string of the molecule is CCNC[C@H](CC1CCCCC1)NC(=O)N1CCCCC1. The number of likely N-dealkylation sites (N-methyl/N-ethyl adjacent to an activating group) is 1. The minimum Gasteiger partial charge on any atom is -0.334 e. The Labute approximate surface area is 130 Å². The highest BCUT2D eigenvalue weighted by Crippen LogP contribution is 2.27. The molecule has 4 heteroatoms. The Morgan fingerprint density at radius 2 is 1.76 bits per heavy atom. The Hall–Kier alpha value is -0.770. The van der Waals surface area contributed by atoms with Gasteiger partial charge < -0.3 is 15.5 Å². The van der Waals surface area contributed by atoms with Crippen molar-refractivity contribution in [2.24, 2.45) is 5.92 Å². The average molecular weight is 295 g/mol. The number of carbonyl (C=O) groups excluding carboxylic acids is 1. The van der Waals surface area contributed by atoms with E-state index < -0.39 is 0 Å². The van der Waals surface area contributed by atoms with Crippen LogP contribution in [0, 0.1) is 5.92 Å². The highest BCUT2D eigenvalue weighted by atomic mass is 16.2. The van der Waals surface area contributed by atoms with Crippen LogP contribution >= 0.6 is 0 Å². The van der Waals surface area contributed by atoms with Gasteiger partial charge in [0.05, 0.1) is 0 Å². The number of nitrogens with one attached hydrogen (secondary N) is 2. The van der Waals surface area contributed by atoms with Gasteiger partial charge in [0.2, 0.25) is 0 Å². The van der Waals surface area contributed by atoms with Crippen molar-refractivity contribution in [2.75, 3.05) is 26.2 Å². The van der Waals surface area contributed by atoms with Crippen molar-refractivity contribution in [1.82, 2.24) is 15.5 Å². The molecule has 1 heterocycles. The number of hydrogen-bond donors (Lipinski definition) is 2. The van der Waals surface area contributed by atoms with Gasteiger partial charge in [-0.25, -0.2) is 4.79 Å². The highest BCUT2D eigenvalue weighted by Gasteiger charge is 2.23. The van der Waals surface area contributed by atoms with Crippen LogP contribution in [-0.2, 0) is 0 Å². The third kappa shape index (κ3) is 5.85. The maximum Gasteiger partial charge on any atom is 0.317 e. The monoisotopic (exact) mass is 295 g/mol. The van der Waals surface area contributed by atoms with Crippen LogP contribution in [-0.4, -0.2) is 43.2 Å². The Morgan fingerprint density at radius 3 is 2.43 bits per heavy atom. The molecule has 1 atom stereocenters. The van der Waals surface area contributed by atoms with Gasteiger partial charge in [-0.3, -0.25) is 0 Å². The van der Waals surface area contributed by atoms with Gasteiger partial charge >= 0.3 is 6.03 Å². The number of likely N-dealkylation sites (tertiary alicyclic amines) is 1. The van der Waals surface area contributed by atoms with Gasteiger partial charge in [0.25, 0.3) is 0 Å². The lowest BCUT2D eigenvalue weighted by Gasteiger charge is -2.31. The molecule has 0 bridgehead atoms. The van der Waals surface area contributed by atoms with Gasteiger partial charge in [0.15, 0.2) is 0 Å². The highest BCUT2D eigenvalue weighted by molar-refractivity contribution is 5.74. The number of rotatable bonds is 6. The fourth-order valence-electron chi connectivity index (χ4n) is 3.70. The molecule has 1 saturated carbocycles. The van der Waals surface area contributed by atoms with E-state index in [4.69, 9.17) is 0 Å². The summed E-state index contributed by atoms with van der Waals surface area (Å²) in [6.45, 7) is 5.88. The Bertz CT molecular complexity index is 296. The van der Waals surface area contributed by atoms with E-state index in [-0.39, 0.29) is 6.03 Å². The molecule has 0 aromatic carbocycles. The maximum absolute atomic E-state index is 12.4. The van der Waals surface area contributed by atoms with Crippen LogP contribution in [0.2, 0.25) is 0 Å². The van der Waals surface area contributed by atoms with E-state index >= 15 is 0 Å². The van der Waals surface area contributed by atoms with Gasteiger partial charge in [-0.2, -0.15) is 0 Å². The molecule has 0 unspecified atom stereocenters. The first-order chi connectivity index (χ1) is 10.3. The molecule has 1 aliphatic carbocycles. The molecule has 122 valence electrons. The zero-order valence-corrected chi connectivity index (χ0v) is 13.7. The predicted octanol–water partition coefficient (Wildman–Crippen LogP) is 3.13. The molecular weight excluding hydrogens is 262 g/mol. The minimum absolute atomic E-state index is 0.161. The molecule has 1 aliphatic heterocycles. The topological polar surface area (TPSA) is 44.4 Å². The maximum atomic E-state index is 12.4. The molecule has 2 rings (SSSR count). The number of urea groups is 1. The first-order valence-electron chi connectivity index (χ1n) is 9.05. The molecular formula is C17H33N3O. The third-order valence-electron chi connectivity index (χ3n) is 4.95. The number of carbonyl (C=O) groups is 1. The second-order valence-electron chi connectivity index (χ2n) is 6.74. The Morgan fingerprint density at radius 1 is 1.10 bits per heavy atom. The molecule has 0 aromatic heterocycles. The van der Waals surface area contributed by atoms with E-state index in [1.165, 1.54) is 38.5 Å². The second kappa shape index (κ2) is 9.29. The molecule has 21 heavy (non-hydrogen) atoms. The van der Waals surface area contributed by atoms with Gasteiger partial charge in [-0.1, -0.05) is 39.0 Å². The second-order valence-corrected chi connectivity index (χ2v) is 6.74. The van der Waals surface area contributed by atoms with Crippen molar-refractivity contribution in [2.45, 2.75) is 70.8 Å². The molecule has 0 radical (unpaired) electrons. The van der Waals surface area contributed by atoms with E-state index in [2.05, 4.69) is 17.6 Å². The minimum atomic E-state index is 0.161. The summed E-state index contributed by atoms with van der Waals surface area (Å²) in [6.07, 6.45) is 11.6. The standard InChI is InChI=1S/C17H33N3O/c1-2-18-14-16(13-15-9-5-3-6-10-15)19-17(21)20-11-7-4-8-12-20/h15-16,18H,2-14H2,1H3,(H,19,21)/t16-/m0/s1. The van der Waals surface area contributed by atoms with Crippen LogP contribution in [0.3, 0.4) is 0 Å².